The number of hydrogen-bond donors (Lipinski definition) is 1. The summed E-state index contributed by atoms with van der Waals surface area (Å²) in [7, 11) is 0. The van der Waals surface area contributed by atoms with Crippen LogP contribution in [0.25, 0.3) is 0 Å². The van der Waals surface area contributed by atoms with Gasteiger partial charge in [-0.3, -0.25) is 0 Å². The van der Waals surface area contributed by atoms with Crippen molar-refractivity contribution in [3.8, 4) is 0 Å². The summed E-state index contributed by atoms with van der Waals surface area (Å²) < 4.78 is 10.5. The lowest BCUT2D eigenvalue weighted by atomic mass is 9.96. The smallest absolute Gasteiger partial charge is 0.0957 e. The van der Waals surface area contributed by atoms with Crippen molar-refractivity contribution in [1.29, 1.82) is 0 Å². The maximum Gasteiger partial charge on any atom is 0.0957 e. The molecule has 3 nitrogen and oxygen atoms in total. The third-order valence-electron chi connectivity index (χ3n) is 2.65. The molecule has 0 aromatic carbocycles. The maximum atomic E-state index is 6.09. The molecule has 0 fully saturated rings. The minimum absolute atomic E-state index is 0.177. The molecule has 1 heterocycles. The fourth-order valence-electron chi connectivity index (χ4n) is 1.20. The van der Waals surface area contributed by atoms with E-state index in [1.807, 2.05) is 6.07 Å². The molecule has 0 aliphatic rings. The van der Waals surface area contributed by atoms with Crippen LogP contribution in [0.4, 0.5) is 0 Å². The van der Waals surface area contributed by atoms with Gasteiger partial charge in [-0.1, -0.05) is 13.8 Å². The number of hydrogen-bond acceptors (Lipinski definition) is 3. The lowest BCUT2D eigenvalue weighted by Crippen LogP contribution is -2.43. The quantitative estimate of drug-likeness (QED) is 0.761. The van der Waals surface area contributed by atoms with E-state index in [2.05, 4.69) is 13.8 Å². The van der Waals surface area contributed by atoms with Crippen molar-refractivity contribution in [2.75, 3.05) is 6.61 Å². The zero-order valence-corrected chi connectivity index (χ0v) is 8.95. The Bertz CT molecular complexity index is 240. The van der Waals surface area contributed by atoms with Gasteiger partial charge in [-0.25, -0.2) is 0 Å². The number of rotatable bonds is 6. The van der Waals surface area contributed by atoms with Gasteiger partial charge in [0.1, 0.15) is 0 Å². The highest BCUT2D eigenvalue weighted by molar-refractivity contribution is 5.03. The van der Waals surface area contributed by atoms with Gasteiger partial charge in [0.2, 0.25) is 0 Å². The Morgan fingerprint density at radius 2 is 2.14 bits per heavy atom. The van der Waals surface area contributed by atoms with Crippen LogP contribution in [0.3, 0.4) is 0 Å². The number of furan rings is 1. The molecular weight excluding hydrogens is 178 g/mol. The monoisotopic (exact) mass is 197 g/mol. The van der Waals surface area contributed by atoms with Crippen LogP contribution in [-0.2, 0) is 11.3 Å². The molecular formula is C11H19NO2. The summed E-state index contributed by atoms with van der Waals surface area (Å²) in [6.07, 6.45) is 5.22. The van der Waals surface area contributed by atoms with Gasteiger partial charge in [0.25, 0.3) is 0 Å². The fraction of sp³-hybridized carbons (Fsp3) is 0.636. The minimum Gasteiger partial charge on any atom is -0.472 e. The summed E-state index contributed by atoms with van der Waals surface area (Å²) in [5, 5.41) is 0. The Morgan fingerprint density at radius 3 is 2.64 bits per heavy atom. The highest BCUT2D eigenvalue weighted by Crippen LogP contribution is 2.12. The summed E-state index contributed by atoms with van der Waals surface area (Å²) in [5.74, 6) is 0. The van der Waals surface area contributed by atoms with Crippen molar-refractivity contribution in [2.45, 2.75) is 38.8 Å². The minimum atomic E-state index is -0.177. The Morgan fingerprint density at radius 1 is 1.43 bits per heavy atom. The Kier molecular flexibility index (Phi) is 4.17. The molecule has 14 heavy (non-hydrogen) atoms. The first-order chi connectivity index (χ1) is 6.70. The van der Waals surface area contributed by atoms with Gasteiger partial charge < -0.3 is 14.9 Å². The van der Waals surface area contributed by atoms with Crippen molar-refractivity contribution in [3.05, 3.63) is 24.2 Å². The van der Waals surface area contributed by atoms with Gasteiger partial charge in [-0.2, -0.15) is 0 Å². The van der Waals surface area contributed by atoms with E-state index in [1.54, 1.807) is 12.5 Å². The first-order valence-electron chi connectivity index (χ1n) is 5.08. The first kappa shape index (κ1) is 11.3. The highest BCUT2D eigenvalue weighted by atomic mass is 16.5. The van der Waals surface area contributed by atoms with Crippen molar-refractivity contribution < 1.29 is 9.15 Å². The predicted octanol–water partition coefficient (Wildman–Crippen LogP) is 2.31. The molecule has 1 rings (SSSR count). The Labute approximate surface area is 85.2 Å². The second-order valence-electron chi connectivity index (χ2n) is 3.69. The average molecular weight is 197 g/mol. The molecule has 0 atom stereocenters. The van der Waals surface area contributed by atoms with E-state index < -0.39 is 0 Å². The van der Waals surface area contributed by atoms with Gasteiger partial charge in [-0.15, -0.1) is 0 Å². The normalized spacial score (nSPS) is 11.9. The van der Waals surface area contributed by atoms with Crippen molar-refractivity contribution >= 4 is 0 Å². The average Bonchev–Trinajstić information content (AvgIpc) is 2.70. The summed E-state index contributed by atoms with van der Waals surface area (Å²) in [6.45, 7) is 5.36. The van der Waals surface area contributed by atoms with Crippen LogP contribution in [0.15, 0.2) is 23.0 Å². The number of nitrogens with two attached hydrogens (primary N) is 1. The molecule has 0 saturated carbocycles. The second-order valence-corrected chi connectivity index (χ2v) is 3.69. The van der Waals surface area contributed by atoms with E-state index in [-0.39, 0.29) is 5.54 Å². The van der Waals surface area contributed by atoms with Gasteiger partial charge in [0, 0.05) is 11.1 Å². The van der Waals surface area contributed by atoms with Crippen LogP contribution >= 0.6 is 0 Å². The first-order valence-corrected chi connectivity index (χ1v) is 5.08. The van der Waals surface area contributed by atoms with E-state index in [0.717, 1.165) is 18.4 Å². The maximum absolute atomic E-state index is 6.09. The Hall–Kier alpha value is -0.800. The van der Waals surface area contributed by atoms with Gasteiger partial charge >= 0.3 is 0 Å². The SMILES string of the molecule is CCC(N)(CC)COCc1ccoc1. The molecule has 80 valence electrons. The molecule has 2 N–H and O–H groups in total. The van der Waals surface area contributed by atoms with Crippen LogP contribution in [0, 0.1) is 0 Å². The van der Waals surface area contributed by atoms with Crippen molar-refractivity contribution in [1.82, 2.24) is 0 Å². The van der Waals surface area contributed by atoms with Crippen LogP contribution in [0.1, 0.15) is 32.3 Å². The summed E-state index contributed by atoms with van der Waals surface area (Å²) in [5.41, 5.74) is 6.97. The molecule has 0 unspecified atom stereocenters. The van der Waals surface area contributed by atoms with Crippen molar-refractivity contribution in [2.24, 2.45) is 5.73 Å². The zero-order valence-electron chi connectivity index (χ0n) is 8.95. The zero-order chi connectivity index (χ0) is 10.4. The Balaban J connectivity index is 2.27. The standard InChI is InChI=1S/C11H19NO2/c1-3-11(12,4-2)9-14-8-10-5-6-13-7-10/h5-7H,3-4,8-9,12H2,1-2H3. The van der Waals surface area contributed by atoms with Gasteiger partial charge in [0.15, 0.2) is 0 Å². The van der Waals surface area contributed by atoms with Crippen LogP contribution in [0.5, 0.6) is 0 Å². The van der Waals surface area contributed by atoms with E-state index in [9.17, 15) is 0 Å². The summed E-state index contributed by atoms with van der Waals surface area (Å²) in [6, 6.07) is 1.90. The lowest BCUT2D eigenvalue weighted by Gasteiger charge is -2.26. The third-order valence-corrected chi connectivity index (χ3v) is 2.65. The molecule has 0 aliphatic heterocycles. The van der Waals surface area contributed by atoms with Crippen LogP contribution < -0.4 is 5.73 Å². The molecule has 0 amide bonds. The third kappa shape index (κ3) is 3.16. The molecule has 1 aromatic heterocycles. The molecule has 0 saturated heterocycles. The predicted molar refractivity (Wildman–Crippen MR) is 55.9 cm³/mol. The van der Waals surface area contributed by atoms with Crippen LogP contribution in [0.2, 0.25) is 0 Å². The highest BCUT2D eigenvalue weighted by Gasteiger charge is 2.20. The molecule has 3 heteroatoms. The topological polar surface area (TPSA) is 48.4 Å². The number of ether oxygens (including phenoxy) is 1. The molecule has 0 bridgehead atoms. The summed E-state index contributed by atoms with van der Waals surface area (Å²) in [4.78, 5) is 0. The van der Waals surface area contributed by atoms with Crippen LogP contribution in [-0.4, -0.2) is 12.1 Å². The van der Waals surface area contributed by atoms with Gasteiger partial charge in [-0.05, 0) is 18.9 Å². The van der Waals surface area contributed by atoms with E-state index in [1.165, 1.54) is 0 Å². The molecule has 0 radical (unpaired) electrons. The molecule has 1 aromatic rings. The van der Waals surface area contributed by atoms with E-state index in [0.29, 0.717) is 13.2 Å². The van der Waals surface area contributed by atoms with Gasteiger partial charge in [0.05, 0.1) is 25.7 Å². The second kappa shape index (κ2) is 5.17. The fourth-order valence-corrected chi connectivity index (χ4v) is 1.20. The molecule has 0 aliphatic carbocycles. The summed E-state index contributed by atoms with van der Waals surface area (Å²) >= 11 is 0. The largest absolute Gasteiger partial charge is 0.472 e. The van der Waals surface area contributed by atoms with E-state index >= 15 is 0 Å². The van der Waals surface area contributed by atoms with Crippen molar-refractivity contribution in [3.63, 3.8) is 0 Å². The molecule has 0 spiro atoms. The van der Waals surface area contributed by atoms with E-state index in [4.69, 9.17) is 14.9 Å². The lowest BCUT2D eigenvalue weighted by molar-refractivity contribution is 0.0693.